The molecule has 0 spiro atoms. The van der Waals surface area contributed by atoms with Crippen LogP contribution >= 0.6 is 0 Å². The van der Waals surface area contributed by atoms with Gasteiger partial charge in [0.1, 0.15) is 5.65 Å². The number of rotatable bonds is 4. The minimum absolute atomic E-state index is 0.129. The Kier molecular flexibility index (Phi) is 5.22. The molecule has 0 radical (unpaired) electrons. The zero-order valence-corrected chi connectivity index (χ0v) is 15.5. The number of aryl methyl sites for hydroxylation is 1. The van der Waals surface area contributed by atoms with Crippen LogP contribution in [0.1, 0.15) is 37.6 Å². The largest absolute Gasteiger partial charge is 0.336 e. The number of hydrogen-bond acceptors (Lipinski definition) is 5. The number of fused-ring (bicyclic) bond motifs is 1. The molecule has 0 aliphatic carbocycles. The van der Waals surface area contributed by atoms with E-state index in [4.69, 9.17) is 0 Å². The van der Waals surface area contributed by atoms with E-state index in [1.165, 1.54) is 10.8 Å². The quantitative estimate of drug-likeness (QED) is 0.866. The van der Waals surface area contributed by atoms with Crippen LogP contribution in [0.25, 0.3) is 11.0 Å². The molecule has 0 unspecified atom stereocenters. The molecule has 26 heavy (non-hydrogen) atoms. The lowest BCUT2D eigenvalue weighted by Gasteiger charge is -2.36. The Morgan fingerprint density at radius 1 is 1.23 bits per heavy atom. The predicted molar refractivity (Wildman–Crippen MR) is 99.5 cm³/mol. The van der Waals surface area contributed by atoms with E-state index < -0.39 is 11.2 Å². The Morgan fingerprint density at radius 2 is 1.92 bits per heavy atom. The summed E-state index contributed by atoms with van der Waals surface area (Å²) in [5.74, 6) is -0.129. The third kappa shape index (κ3) is 3.41. The molecule has 2 aromatic heterocycles. The van der Waals surface area contributed by atoms with E-state index in [9.17, 15) is 14.4 Å². The smallest absolute Gasteiger partial charge is 0.329 e. The fourth-order valence-electron chi connectivity index (χ4n) is 3.34. The van der Waals surface area contributed by atoms with Crippen molar-refractivity contribution in [3.63, 3.8) is 0 Å². The Labute approximate surface area is 151 Å². The molecule has 1 amide bonds. The van der Waals surface area contributed by atoms with Crippen LogP contribution in [0.2, 0.25) is 0 Å². The normalized spacial score (nSPS) is 15.8. The standard InChI is InChI=1S/C18H25N5O3/c1-4-5-23-15-14(16(24)20-18(23)26)10-13(11-19-15)17(25)22-8-6-21(7-9-22)12(2)3/h10-12H,4-9H2,1-3H3,(H,20,24,26). The summed E-state index contributed by atoms with van der Waals surface area (Å²) in [5, 5.41) is 0.268. The highest BCUT2D eigenvalue weighted by atomic mass is 16.2. The number of aromatic amines is 1. The first-order valence-corrected chi connectivity index (χ1v) is 9.08. The van der Waals surface area contributed by atoms with Gasteiger partial charge in [-0.15, -0.1) is 0 Å². The summed E-state index contributed by atoms with van der Waals surface area (Å²) >= 11 is 0. The molecule has 0 saturated carbocycles. The molecule has 0 aromatic carbocycles. The topological polar surface area (TPSA) is 91.3 Å². The monoisotopic (exact) mass is 359 g/mol. The van der Waals surface area contributed by atoms with Crippen molar-refractivity contribution in [2.75, 3.05) is 26.2 Å². The van der Waals surface area contributed by atoms with E-state index in [-0.39, 0.29) is 11.3 Å². The number of nitrogens with zero attached hydrogens (tertiary/aromatic N) is 4. The van der Waals surface area contributed by atoms with E-state index in [1.54, 1.807) is 11.0 Å². The molecular formula is C18H25N5O3. The van der Waals surface area contributed by atoms with Gasteiger partial charge in [-0.2, -0.15) is 0 Å². The highest BCUT2D eigenvalue weighted by Gasteiger charge is 2.24. The van der Waals surface area contributed by atoms with Gasteiger partial charge in [0, 0.05) is 45.0 Å². The maximum Gasteiger partial charge on any atom is 0.329 e. The molecule has 1 saturated heterocycles. The van der Waals surface area contributed by atoms with E-state index in [2.05, 4.69) is 28.7 Å². The third-order valence-corrected chi connectivity index (χ3v) is 4.86. The molecule has 8 heteroatoms. The van der Waals surface area contributed by atoms with Gasteiger partial charge in [0.15, 0.2) is 0 Å². The second kappa shape index (κ2) is 7.41. The Morgan fingerprint density at radius 3 is 2.54 bits per heavy atom. The molecule has 2 aromatic rings. The van der Waals surface area contributed by atoms with Crippen molar-refractivity contribution in [3.8, 4) is 0 Å². The fraction of sp³-hybridized carbons (Fsp3) is 0.556. The molecule has 140 valence electrons. The summed E-state index contributed by atoms with van der Waals surface area (Å²) in [7, 11) is 0. The van der Waals surface area contributed by atoms with Crippen LogP contribution in [-0.4, -0.2) is 62.5 Å². The van der Waals surface area contributed by atoms with Crippen LogP contribution in [0, 0.1) is 0 Å². The summed E-state index contributed by atoms with van der Waals surface area (Å²) < 4.78 is 1.44. The molecular weight excluding hydrogens is 334 g/mol. The summed E-state index contributed by atoms with van der Waals surface area (Å²) in [5.41, 5.74) is -0.283. The van der Waals surface area contributed by atoms with E-state index in [0.717, 1.165) is 19.5 Å². The molecule has 1 fully saturated rings. The molecule has 1 N–H and O–H groups in total. The molecule has 1 aliphatic rings. The summed E-state index contributed by atoms with van der Waals surface area (Å²) in [6, 6.07) is 2.01. The Balaban J connectivity index is 1.91. The summed E-state index contributed by atoms with van der Waals surface area (Å²) in [4.78, 5) is 47.7. The lowest BCUT2D eigenvalue weighted by atomic mass is 10.1. The average Bonchev–Trinajstić information content (AvgIpc) is 2.64. The number of pyridine rings is 1. The molecule has 8 nitrogen and oxygen atoms in total. The number of carbonyl (C=O) groups is 1. The summed E-state index contributed by atoms with van der Waals surface area (Å²) in [6.07, 6.45) is 2.20. The number of aromatic nitrogens is 3. The van der Waals surface area contributed by atoms with Gasteiger partial charge in [-0.05, 0) is 26.3 Å². The van der Waals surface area contributed by atoms with Crippen molar-refractivity contribution in [1.82, 2.24) is 24.3 Å². The summed E-state index contributed by atoms with van der Waals surface area (Å²) in [6.45, 7) is 9.67. The van der Waals surface area contributed by atoms with Crippen molar-refractivity contribution >= 4 is 16.9 Å². The minimum Gasteiger partial charge on any atom is -0.336 e. The van der Waals surface area contributed by atoms with Crippen LogP contribution in [0.15, 0.2) is 21.9 Å². The minimum atomic E-state index is -0.510. The molecule has 1 aliphatic heterocycles. The molecule has 0 atom stereocenters. The van der Waals surface area contributed by atoms with Crippen molar-refractivity contribution in [3.05, 3.63) is 38.7 Å². The first kappa shape index (κ1) is 18.3. The highest BCUT2D eigenvalue weighted by molar-refractivity contribution is 5.96. The van der Waals surface area contributed by atoms with Crippen LogP contribution < -0.4 is 11.2 Å². The van der Waals surface area contributed by atoms with E-state index in [0.29, 0.717) is 36.9 Å². The van der Waals surface area contributed by atoms with E-state index >= 15 is 0 Å². The second-order valence-corrected chi connectivity index (χ2v) is 6.93. The first-order valence-electron chi connectivity index (χ1n) is 9.08. The van der Waals surface area contributed by atoms with Crippen molar-refractivity contribution in [1.29, 1.82) is 0 Å². The Hall–Kier alpha value is -2.48. The van der Waals surface area contributed by atoms with Gasteiger partial charge >= 0.3 is 5.69 Å². The van der Waals surface area contributed by atoms with Gasteiger partial charge in [0.2, 0.25) is 0 Å². The van der Waals surface area contributed by atoms with Crippen molar-refractivity contribution < 1.29 is 4.79 Å². The number of nitrogens with one attached hydrogen (secondary N) is 1. The Bertz CT molecular complexity index is 923. The van der Waals surface area contributed by atoms with Gasteiger partial charge in [-0.3, -0.25) is 24.0 Å². The van der Waals surface area contributed by atoms with Crippen LogP contribution in [0.4, 0.5) is 0 Å². The fourth-order valence-corrected chi connectivity index (χ4v) is 3.34. The van der Waals surface area contributed by atoms with Crippen LogP contribution in [0.5, 0.6) is 0 Å². The average molecular weight is 359 g/mol. The lowest BCUT2D eigenvalue weighted by Crippen LogP contribution is -2.50. The zero-order chi connectivity index (χ0) is 18.8. The van der Waals surface area contributed by atoms with Crippen LogP contribution in [0.3, 0.4) is 0 Å². The number of H-pyrrole nitrogens is 1. The number of carbonyl (C=O) groups excluding carboxylic acids is 1. The number of amides is 1. The van der Waals surface area contributed by atoms with E-state index in [1.807, 2.05) is 6.92 Å². The van der Waals surface area contributed by atoms with Gasteiger partial charge < -0.3 is 4.90 Å². The van der Waals surface area contributed by atoms with Crippen molar-refractivity contribution in [2.24, 2.45) is 0 Å². The third-order valence-electron chi connectivity index (χ3n) is 4.86. The van der Waals surface area contributed by atoms with Gasteiger partial charge in [0.25, 0.3) is 11.5 Å². The molecule has 3 heterocycles. The number of piperazine rings is 1. The van der Waals surface area contributed by atoms with Crippen LogP contribution in [-0.2, 0) is 6.54 Å². The van der Waals surface area contributed by atoms with Gasteiger partial charge in [-0.1, -0.05) is 6.92 Å². The van der Waals surface area contributed by atoms with Gasteiger partial charge in [-0.25, -0.2) is 9.78 Å². The number of hydrogen-bond donors (Lipinski definition) is 1. The zero-order valence-electron chi connectivity index (χ0n) is 15.5. The SMILES string of the molecule is CCCn1c(=O)[nH]c(=O)c2cc(C(=O)N3CCN(C(C)C)CC3)cnc21. The maximum absolute atomic E-state index is 12.8. The molecule has 3 rings (SSSR count). The van der Waals surface area contributed by atoms with Crippen molar-refractivity contribution in [2.45, 2.75) is 39.8 Å². The maximum atomic E-state index is 12.8. The lowest BCUT2D eigenvalue weighted by molar-refractivity contribution is 0.0595. The highest BCUT2D eigenvalue weighted by Crippen LogP contribution is 2.13. The predicted octanol–water partition coefficient (Wildman–Crippen LogP) is 0.661. The second-order valence-electron chi connectivity index (χ2n) is 6.93. The first-order chi connectivity index (χ1) is 12.4. The molecule has 0 bridgehead atoms. The van der Waals surface area contributed by atoms with Gasteiger partial charge in [0.05, 0.1) is 10.9 Å².